The Morgan fingerprint density at radius 1 is 1.11 bits per heavy atom. The quantitative estimate of drug-likeness (QED) is 0.767. The van der Waals surface area contributed by atoms with Crippen LogP contribution in [0.15, 0.2) is 42.5 Å². The highest BCUT2D eigenvalue weighted by Gasteiger charge is 2.19. The molecule has 1 saturated heterocycles. The standard InChI is InChI=1S/C21H28N4O2/c1-3-24-10-12-25(13-11-24)20-9-8-17(22)15-19(20)23-21(26)16-6-5-7-18(14-16)27-4-2/h5-9,14-15H,3-4,10-13,22H2,1-2H3,(H,23,26). The van der Waals surface area contributed by atoms with Gasteiger partial charge in [-0.25, -0.2) is 0 Å². The number of anilines is 3. The van der Waals surface area contributed by atoms with Crippen molar-refractivity contribution >= 4 is 23.0 Å². The summed E-state index contributed by atoms with van der Waals surface area (Å²) in [6.45, 7) is 9.63. The maximum absolute atomic E-state index is 12.8. The molecule has 1 amide bonds. The van der Waals surface area contributed by atoms with E-state index < -0.39 is 0 Å². The summed E-state index contributed by atoms with van der Waals surface area (Å²) in [7, 11) is 0. The van der Waals surface area contributed by atoms with Crippen LogP contribution in [0.2, 0.25) is 0 Å². The largest absolute Gasteiger partial charge is 0.494 e. The molecule has 0 spiro atoms. The van der Waals surface area contributed by atoms with Gasteiger partial charge in [-0.05, 0) is 49.9 Å². The van der Waals surface area contributed by atoms with Crippen LogP contribution in [0.3, 0.4) is 0 Å². The number of nitrogens with one attached hydrogen (secondary N) is 1. The molecule has 0 saturated carbocycles. The first-order valence-electron chi connectivity index (χ1n) is 9.51. The Labute approximate surface area is 160 Å². The van der Waals surface area contributed by atoms with Gasteiger partial charge in [0.1, 0.15) is 5.75 Å². The van der Waals surface area contributed by atoms with E-state index in [0.717, 1.165) is 44.1 Å². The molecule has 27 heavy (non-hydrogen) atoms. The van der Waals surface area contributed by atoms with Gasteiger partial charge in [-0.2, -0.15) is 0 Å². The summed E-state index contributed by atoms with van der Waals surface area (Å²) in [5.41, 5.74) is 8.92. The number of hydrogen-bond acceptors (Lipinski definition) is 5. The molecular formula is C21H28N4O2. The van der Waals surface area contributed by atoms with Gasteiger partial charge < -0.3 is 25.6 Å². The summed E-state index contributed by atoms with van der Waals surface area (Å²) in [6, 6.07) is 12.9. The van der Waals surface area contributed by atoms with Crippen molar-refractivity contribution in [2.75, 3.05) is 55.3 Å². The van der Waals surface area contributed by atoms with E-state index in [0.29, 0.717) is 23.6 Å². The number of ether oxygens (including phenoxy) is 1. The maximum Gasteiger partial charge on any atom is 0.255 e. The molecule has 1 heterocycles. The minimum absolute atomic E-state index is 0.171. The molecule has 0 aromatic heterocycles. The fourth-order valence-corrected chi connectivity index (χ4v) is 3.32. The Hall–Kier alpha value is -2.73. The Morgan fingerprint density at radius 2 is 1.89 bits per heavy atom. The number of piperazine rings is 1. The van der Waals surface area contributed by atoms with Crippen molar-refractivity contribution in [2.24, 2.45) is 0 Å². The molecule has 2 aromatic rings. The molecule has 1 fully saturated rings. The first-order valence-corrected chi connectivity index (χ1v) is 9.51. The molecule has 2 aromatic carbocycles. The summed E-state index contributed by atoms with van der Waals surface area (Å²) in [6.07, 6.45) is 0. The van der Waals surface area contributed by atoms with Crippen LogP contribution in [-0.2, 0) is 0 Å². The molecule has 6 heteroatoms. The normalized spacial score (nSPS) is 14.8. The first-order chi connectivity index (χ1) is 13.1. The molecule has 0 radical (unpaired) electrons. The van der Waals surface area contributed by atoms with Crippen LogP contribution in [0.5, 0.6) is 5.75 Å². The van der Waals surface area contributed by atoms with Gasteiger partial charge in [-0.1, -0.05) is 13.0 Å². The molecule has 0 atom stereocenters. The predicted octanol–water partition coefficient (Wildman–Crippen LogP) is 3.06. The third kappa shape index (κ3) is 4.71. The molecule has 6 nitrogen and oxygen atoms in total. The van der Waals surface area contributed by atoms with Crippen molar-refractivity contribution in [3.8, 4) is 5.75 Å². The van der Waals surface area contributed by atoms with Gasteiger partial charge in [0.15, 0.2) is 0 Å². The van der Waals surface area contributed by atoms with E-state index >= 15 is 0 Å². The number of likely N-dealkylation sites (N-methyl/N-ethyl adjacent to an activating group) is 1. The number of carbonyl (C=O) groups excluding carboxylic acids is 1. The lowest BCUT2D eigenvalue weighted by Crippen LogP contribution is -2.46. The van der Waals surface area contributed by atoms with Gasteiger partial charge in [-0.15, -0.1) is 0 Å². The van der Waals surface area contributed by atoms with Gasteiger partial charge in [0.05, 0.1) is 18.0 Å². The average molecular weight is 368 g/mol. The molecule has 0 unspecified atom stereocenters. The minimum atomic E-state index is -0.171. The summed E-state index contributed by atoms with van der Waals surface area (Å²) in [5, 5.41) is 3.03. The summed E-state index contributed by atoms with van der Waals surface area (Å²) < 4.78 is 5.49. The van der Waals surface area contributed by atoms with E-state index in [2.05, 4.69) is 22.0 Å². The van der Waals surface area contributed by atoms with Crippen LogP contribution in [0, 0.1) is 0 Å². The number of nitrogens with zero attached hydrogens (tertiary/aromatic N) is 2. The monoisotopic (exact) mass is 368 g/mol. The second-order valence-electron chi connectivity index (χ2n) is 6.61. The molecule has 144 valence electrons. The number of nitrogens with two attached hydrogens (primary N) is 1. The number of nitrogen functional groups attached to an aromatic ring is 1. The first kappa shape index (κ1) is 19.0. The fraction of sp³-hybridized carbons (Fsp3) is 0.381. The molecule has 3 N–H and O–H groups in total. The van der Waals surface area contributed by atoms with Crippen LogP contribution in [0.4, 0.5) is 17.1 Å². The third-order valence-electron chi connectivity index (χ3n) is 4.84. The van der Waals surface area contributed by atoms with E-state index in [4.69, 9.17) is 10.5 Å². The molecule has 1 aliphatic rings. The van der Waals surface area contributed by atoms with Gasteiger partial charge >= 0.3 is 0 Å². The zero-order valence-corrected chi connectivity index (χ0v) is 16.1. The van der Waals surface area contributed by atoms with Crippen molar-refractivity contribution in [1.29, 1.82) is 0 Å². The van der Waals surface area contributed by atoms with E-state index in [1.54, 1.807) is 12.1 Å². The summed E-state index contributed by atoms with van der Waals surface area (Å²) in [5.74, 6) is 0.518. The Balaban J connectivity index is 1.79. The summed E-state index contributed by atoms with van der Waals surface area (Å²) >= 11 is 0. The van der Waals surface area contributed by atoms with Crippen LogP contribution >= 0.6 is 0 Å². The Morgan fingerprint density at radius 3 is 2.59 bits per heavy atom. The van der Waals surface area contributed by atoms with E-state index in [9.17, 15) is 4.79 Å². The maximum atomic E-state index is 12.8. The number of benzene rings is 2. The fourth-order valence-electron chi connectivity index (χ4n) is 3.32. The topological polar surface area (TPSA) is 70.8 Å². The van der Waals surface area contributed by atoms with Crippen LogP contribution in [-0.4, -0.2) is 50.1 Å². The molecule has 1 aliphatic heterocycles. The SMILES string of the molecule is CCOc1cccc(C(=O)Nc2cc(N)ccc2N2CCN(CC)CC2)c1. The Bertz CT molecular complexity index is 786. The van der Waals surface area contributed by atoms with E-state index in [-0.39, 0.29) is 5.91 Å². The second-order valence-corrected chi connectivity index (χ2v) is 6.61. The van der Waals surface area contributed by atoms with Crippen molar-refractivity contribution in [2.45, 2.75) is 13.8 Å². The van der Waals surface area contributed by atoms with Crippen LogP contribution < -0.4 is 20.7 Å². The molecule has 0 aliphatic carbocycles. The second kappa shape index (κ2) is 8.77. The lowest BCUT2D eigenvalue weighted by molar-refractivity contribution is 0.102. The van der Waals surface area contributed by atoms with E-state index in [1.807, 2.05) is 37.3 Å². The number of hydrogen-bond donors (Lipinski definition) is 2. The lowest BCUT2D eigenvalue weighted by Gasteiger charge is -2.36. The average Bonchev–Trinajstić information content (AvgIpc) is 2.69. The highest BCUT2D eigenvalue weighted by atomic mass is 16.5. The van der Waals surface area contributed by atoms with Gasteiger partial charge in [0.25, 0.3) is 5.91 Å². The number of amides is 1. The third-order valence-corrected chi connectivity index (χ3v) is 4.84. The van der Waals surface area contributed by atoms with Crippen LogP contribution in [0.1, 0.15) is 24.2 Å². The zero-order valence-electron chi connectivity index (χ0n) is 16.1. The summed E-state index contributed by atoms with van der Waals surface area (Å²) in [4.78, 5) is 17.5. The highest BCUT2D eigenvalue weighted by Crippen LogP contribution is 2.30. The van der Waals surface area contributed by atoms with E-state index in [1.165, 1.54) is 0 Å². The molecule has 0 bridgehead atoms. The smallest absolute Gasteiger partial charge is 0.255 e. The highest BCUT2D eigenvalue weighted by molar-refractivity contribution is 6.06. The van der Waals surface area contributed by atoms with Crippen LogP contribution in [0.25, 0.3) is 0 Å². The minimum Gasteiger partial charge on any atom is -0.494 e. The predicted molar refractivity (Wildman–Crippen MR) is 111 cm³/mol. The van der Waals surface area contributed by atoms with Gasteiger partial charge in [-0.3, -0.25) is 4.79 Å². The Kier molecular flexibility index (Phi) is 6.19. The molecular weight excluding hydrogens is 340 g/mol. The van der Waals surface area contributed by atoms with Crippen molar-refractivity contribution in [3.05, 3.63) is 48.0 Å². The lowest BCUT2D eigenvalue weighted by atomic mass is 10.1. The number of carbonyl (C=O) groups is 1. The van der Waals surface area contributed by atoms with Crippen molar-refractivity contribution in [3.63, 3.8) is 0 Å². The van der Waals surface area contributed by atoms with Gasteiger partial charge in [0.2, 0.25) is 0 Å². The van der Waals surface area contributed by atoms with Gasteiger partial charge in [0, 0.05) is 37.4 Å². The zero-order chi connectivity index (χ0) is 19.2. The number of rotatable bonds is 6. The van der Waals surface area contributed by atoms with Crippen molar-refractivity contribution in [1.82, 2.24) is 4.90 Å². The molecule has 3 rings (SSSR count). The van der Waals surface area contributed by atoms with Crippen molar-refractivity contribution < 1.29 is 9.53 Å².